The van der Waals surface area contributed by atoms with Gasteiger partial charge in [0.05, 0.1) is 6.10 Å². The lowest BCUT2D eigenvalue weighted by Crippen LogP contribution is -2.43. The highest BCUT2D eigenvalue weighted by Gasteiger charge is 2.25. The standard InChI is InChI=1S/C13H27NO/c1-10-6-5-7-11(8-10)12(15)9-14-13(2,3)4/h10-12,14-15H,5-9H2,1-4H3. The van der Waals surface area contributed by atoms with Gasteiger partial charge >= 0.3 is 0 Å². The van der Waals surface area contributed by atoms with Crippen LogP contribution in [0.2, 0.25) is 0 Å². The van der Waals surface area contributed by atoms with Gasteiger partial charge in [0, 0.05) is 12.1 Å². The maximum absolute atomic E-state index is 10.1. The van der Waals surface area contributed by atoms with Gasteiger partial charge in [0.2, 0.25) is 0 Å². The molecular weight excluding hydrogens is 186 g/mol. The molecule has 3 unspecified atom stereocenters. The zero-order valence-electron chi connectivity index (χ0n) is 10.7. The van der Waals surface area contributed by atoms with Crippen LogP contribution in [-0.2, 0) is 0 Å². The molecular formula is C13H27NO. The summed E-state index contributed by atoms with van der Waals surface area (Å²) in [6, 6.07) is 0. The van der Waals surface area contributed by atoms with E-state index in [2.05, 4.69) is 33.0 Å². The van der Waals surface area contributed by atoms with Crippen molar-refractivity contribution in [3.8, 4) is 0 Å². The molecule has 1 aliphatic carbocycles. The number of β-amino-alcohol motifs (C(OH)–C–C–N with tert-alkyl or cyclic N) is 1. The molecule has 0 heterocycles. The SMILES string of the molecule is CC1CCCC(C(O)CNC(C)(C)C)C1. The zero-order chi connectivity index (χ0) is 11.5. The molecule has 0 aromatic carbocycles. The van der Waals surface area contributed by atoms with E-state index in [1.807, 2.05) is 0 Å². The van der Waals surface area contributed by atoms with Crippen LogP contribution in [0.3, 0.4) is 0 Å². The van der Waals surface area contributed by atoms with Crippen molar-refractivity contribution in [1.29, 1.82) is 0 Å². The topological polar surface area (TPSA) is 32.3 Å². The van der Waals surface area contributed by atoms with Crippen LogP contribution in [-0.4, -0.2) is 23.3 Å². The highest BCUT2D eigenvalue weighted by Crippen LogP contribution is 2.30. The summed E-state index contributed by atoms with van der Waals surface area (Å²) in [5, 5.41) is 13.5. The van der Waals surface area contributed by atoms with Gasteiger partial charge in [-0.1, -0.05) is 19.8 Å². The second-order valence-electron chi connectivity index (χ2n) is 6.23. The number of hydrogen-bond acceptors (Lipinski definition) is 2. The summed E-state index contributed by atoms with van der Waals surface area (Å²) >= 11 is 0. The van der Waals surface area contributed by atoms with E-state index in [1.54, 1.807) is 0 Å². The third-order valence-corrected chi connectivity index (χ3v) is 3.36. The first-order valence-corrected chi connectivity index (χ1v) is 6.31. The third kappa shape index (κ3) is 4.98. The van der Waals surface area contributed by atoms with Crippen LogP contribution in [0.15, 0.2) is 0 Å². The molecule has 90 valence electrons. The number of rotatable bonds is 3. The number of aliphatic hydroxyl groups excluding tert-OH is 1. The summed E-state index contributed by atoms with van der Waals surface area (Å²) in [6.07, 6.45) is 4.88. The van der Waals surface area contributed by atoms with Crippen molar-refractivity contribution in [1.82, 2.24) is 5.32 Å². The highest BCUT2D eigenvalue weighted by atomic mass is 16.3. The number of hydrogen-bond donors (Lipinski definition) is 2. The molecule has 0 amide bonds. The van der Waals surface area contributed by atoms with Crippen molar-refractivity contribution >= 4 is 0 Å². The lowest BCUT2D eigenvalue weighted by Gasteiger charge is -2.32. The first kappa shape index (κ1) is 13.0. The van der Waals surface area contributed by atoms with Gasteiger partial charge < -0.3 is 10.4 Å². The van der Waals surface area contributed by atoms with Crippen LogP contribution >= 0.6 is 0 Å². The van der Waals surface area contributed by atoms with E-state index >= 15 is 0 Å². The van der Waals surface area contributed by atoms with Crippen LogP contribution in [0.25, 0.3) is 0 Å². The maximum Gasteiger partial charge on any atom is 0.0692 e. The normalized spacial score (nSPS) is 30.2. The Morgan fingerprint density at radius 1 is 1.33 bits per heavy atom. The van der Waals surface area contributed by atoms with Crippen molar-refractivity contribution in [2.45, 2.75) is 65.0 Å². The van der Waals surface area contributed by atoms with Crippen molar-refractivity contribution in [2.24, 2.45) is 11.8 Å². The predicted molar refractivity (Wildman–Crippen MR) is 64.9 cm³/mol. The molecule has 0 saturated heterocycles. The van der Waals surface area contributed by atoms with Gasteiger partial charge in [0.25, 0.3) is 0 Å². The van der Waals surface area contributed by atoms with E-state index < -0.39 is 0 Å². The minimum atomic E-state index is -0.160. The van der Waals surface area contributed by atoms with Crippen molar-refractivity contribution < 1.29 is 5.11 Å². The number of aliphatic hydroxyl groups is 1. The molecule has 0 aliphatic heterocycles. The molecule has 1 rings (SSSR count). The Labute approximate surface area is 94.5 Å². The van der Waals surface area contributed by atoms with Crippen LogP contribution < -0.4 is 5.32 Å². The summed E-state index contributed by atoms with van der Waals surface area (Å²) in [5.41, 5.74) is 0.112. The molecule has 2 heteroatoms. The summed E-state index contributed by atoms with van der Waals surface area (Å²) in [5.74, 6) is 1.32. The van der Waals surface area contributed by atoms with E-state index in [1.165, 1.54) is 25.7 Å². The van der Waals surface area contributed by atoms with Gasteiger partial charge in [0.15, 0.2) is 0 Å². The fraction of sp³-hybridized carbons (Fsp3) is 1.00. The quantitative estimate of drug-likeness (QED) is 0.755. The maximum atomic E-state index is 10.1. The minimum Gasteiger partial charge on any atom is -0.392 e. The van der Waals surface area contributed by atoms with Crippen LogP contribution in [0, 0.1) is 11.8 Å². The van der Waals surface area contributed by atoms with Gasteiger partial charge in [0.1, 0.15) is 0 Å². The fourth-order valence-corrected chi connectivity index (χ4v) is 2.41. The van der Waals surface area contributed by atoms with Gasteiger partial charge in [-0.05, 0) is 45.4 Å². The summed E-state index contributed by atoms with van der Waals surface area (Å²) in [7, 11) is 0. The molecule has 0 aromatic heterocycles. The Morgan fingerprint density at radius 3 is 2.53 bits per heavy atom. The zero-order valence-corrected chi connectivity index (χ0v) is 10.7. The summed E-state index contributed by atoms with van der Waals surface area (Å²) in [4.78, 5) is 0. The summed E-state index contributed by atoms with van der Waals surface area (Å²) in [6.45, 7) is 9.46. The second kappa shape index (κ2) is 5.31. The lowest BCUT2D eigenvalue weighted by atomic mass is 9.79. The Kier molecular flexibility index (Phi) is 4.60. The van der Waals surface area contributed by atoms with Crippen LogP contribution in [0.5, 0.6) is 0 Å². The first-order chi connectivity index (χ1) is 6.88. The Hall–Kier alpha value is -0.0800. The van der Waals surface area contributed by atoms with Gasteiger partial charge in [-0.2, -0.15) is 0 Å². The monoisotopic (exact) mass is 213 g/mol. The molecule has 0 bridgehead atoms. The third-order valence-electron chi connectivity index (χ3n) is 3.36. The van der Waals surface area contributed by atoms with Crippen molar-refractivity contribution in [3.05, 3.63) is 0 Å². The van der Waals surface area contributed by atoms with Crippen LogP contribution in [0.4, 0.5) is 0 Å². The average molecular weight is 213 g/mol. The van der Waals surface area contributed by atoms with Crippen molar-refractivity contribution in [2.75, 3.05) is 6.54 Å². The predicted octanol–water partition coefficient (Wildman–Crippen LogP) is 2.56. The second-order valence-corrected chi connectivity index (χ2v) is 6.23. The molecule has 15 heavy (non-hydrogen) atoms. The Morgan fingerprint density at radius 2 is 2.00 bits per heavy atom. The molecule has 2 N–H and O–H groups in total. The lowest BCUT2D eigenvalue weighted by molar-refractivity contribution is 0.0662. The van der Waals surface area contributed by atoms with E-state index in [9.17, 15) is 5.11 Å². The molecule has 1 aliphatic rings. The van der Waals surface area contributed by atoms with Crippen LogP contribution in [0.1, 0.15) is 53.4 Å². The minimum absolute atomic E-state index is 0.112. The van der Waals surface area contributed by atoms with Gasteiger partial charge in [-0.3, -0.25) is 0 Å². The average Bonchev–Trinajstić information content (AvgIpc) is 2.13. The first-order valence-electron chi connectivity index (χ1n) is 6.31. The molecule has 1 saturated carbocycles. The van der Waals surface area contributed by atoms with Gasteiger partial charge in [-0.15, -0.1) is 0 Å². The van der Waals surface area contributed by atoms with E-state index in [4.69, 9.17) is 0 Å². The molecule has 2 nitrogen and oxygen atoms in total. The molecule has 0 radical (unpaired) electrons. The highest BCUT2D eigenvalue weighted by molar-refractivity contribution is 4.80. The van der Waals surface area contributed by atoms with Crippen molar-refractivity contribution in [3.63, 3.8) is 0 Å². The molecule has 1 fully saturated rings. The largest absolute Gasteiger partial charge is 0.392 e. The summed E-state index contributed by atoms with van der Waals surface area (Å²) < 4.78 is 0. The Balaban J connectivity index is 2.29. The van der Waals surface area contributed by atoms with E-state index in [-0.39, 0.29) is 11.6 Å². The number of nitrogens with one attached hydrogen (secondary N) is 1. The van der Waals surface area contributed by atoms with E-state index in [0.29, 0.717) is 5.92 Å². The van der Waals surface area contributed by atoms with E-state index in [0.717, 1.165) is 12.5 Å². The molecule has 3 atom stereocenters. The smallest absolute Gasteiger partial charge is 0.0692 e. The fourth-order valence-electron chi connectivity index (χ4n) is 2.41. The Bertz CT molecular complexity index is 185. The van der Waals surface area contributed by atoms with Gasteiger partial charge in [-0.25, -0.2) is 0 Å². The molecule has 0 aromatic rings. The molecule has 0 spiro atoms.